The van der Waals surface area contributed by atoms with Crippen molar-refractivity contribution < 1.29 is 89.6 Å². The van der Waals surface area contributed by atoms with Crippen molar-refractivity contribution in [1.29, 1.82) is 5.41 Å². The van der Waals surface area contributed by atoms with E-state index >= 15 is 24.0 Å². The monoisotopic (exact) mass is 2070 g/mol. The van der Waals surface area contributed by atoms with Crippen LogP contribution in [0.1, 0.15) is 179 Å². The number of halogens is 1. The smallest absolute Gasteiger partial charge is 0.408 e. The first kappa shape index (κ1) is 109. The number of ether oxygens (including phenoxy) is 5. The van der Waals surface area contributed by atoms with Gasteiger partial charge in [0.25, 0.3) is 10.0 Å². The molecule has 31 heteroatoms. The maximum atomic E-state index is 16.0. The molecule has 0 radical (unpaired) electrons. The van der Waals surface area contributed by atoms with Gasteiger partial charge in [0.1, 0.15) is 43.8 Å². The lowest BCUT2D eigenvalue weighted by Crippen LogP contribution is -2.54. The molecular weight excluding hydrogens is 1950 g/mol. The second kappa shape index (κ2) is 53.7. The van der Waals surface area contributed by atoms with Gasteiger partial charge >= 0.3 is 24.2 Å². The number of amides is 7. The molecule has 0 fully saturated rings. The van der Waals surface area contributed by atoms with Gasteiger partial charge in [0.05, 0.1) is 29.6 Å². The van der Waals surface area contributed by atoms with Gasteiger partial charge in [-0.25, -0.2) is 27.5 Å². The van der Waals surface area contributed by atoms with Crippen molar-refractivity contribution in [1.82, 2.24) is 47.3 Å². The molecule has 0 bridgehead atoms. The zero-order valence-electron chi connectivity index (χ0n) is 83.2. The Morgan fingerprint density at radius 1 is 0.408 bits per heavy atom. The van der Waals surface area contributed by atoms with Gasteiger partial charge in [0.2, 0.25) is 29.6 Å². The van der Waals surface area contributed by atoms with E-state index in [9.17, 15) is 42.0 Å². The highest BCUT2D eigenvalue weighted by molar-refractivity contribution is 9.10. The number of hydrogen-bond donors (Lipinski definition) is 10. The summed E-state index contributed by atoms with van der Waals surface area (Å²) in [4.78, 5) is 175. The van der Waals surface area contributed by atoms with Crippen molar-refractivity contribution in [3.05, 3.63) is 333 Å². The number of carbonyl (C=O) groups is 12. The van der Waals surface area contributed by atoms with E-state index in [1.807, 2.05) is 164 Å². The lowest BCUT2D eigenvalue weighted by atomic mass is 9.88. The normalized spacial score (nSPS) is 13.4. The summed E-state index contributed by atoms with van der Waals surface area (Å²) in [6, 6.07) is 77.7. The van der Waals surface area contributed by atoms with Crippen molar-refractivity contribution in [3.8, 4) is 28.0 Å². The zero-order chi connectivity index (χ0) is 104. The molecule has 147 heavy (non-hydrogen) atoms. The van der Waals surface area contributed by atoms with Crippen LogP contribution in [0.15, 0.2) is 282 Å². The quantitative estimate of drug-likeness (QED) is 0.00556. The first-order valence-electron chi connectivity index (χ1n) is 49.9. The number of nitrogens with one attached hydrogen (secondary N) is 10. The molecule has 13 rings (SSSR count). The summed E-state index contributed by atoms with van der Waals surface area (Å²) in [7, 11) is -4.28. The number of ketones is 4. The SMILES string of the molecule is CC(=O)[C@H](CCCCNC(=O)OCC1c2ccccc2-c2ccccc21)NC(=O)[C@@H](CCC(=O)OCc1ccccc1)CC(=O)CNC(=O)[C@@H](CC(=O)[C@@H](CCCNC(=N)NS(=O)(=O)c1ccc(C)cc1)NC(=O)[C@H](CCCCNC(=O)OCC1c2ccccc2-c2ccccc21)CC(=O)[C@H](Cc1ccc(OCc2ccccc2Br)cc1)NC(=O)[C@H](Cc1ccccc1)NC(=O)OC(C)(C)C)Cc1ccc2ccccc2c1. The summed E-state index contributed by atoms with van der Waals surface area (Å²) in [5.74, 6) is -10.6. The number of carbonyl (C=O) groups excluding carboxylic acids is 12. The first-order valence-corrected chi connectivity index (χ1v) is 52.1. The second-order valence-electron chi connectivity index (χ2n) is 38.2. The van der Waals surface area contributed by atoms with Gasteiger partial charge in [-0.2, -0.15) is 0 Å². The standard InChI is InChI=1S/C116H127BrN10O19S/c1-75-48-57-89(58-49-75)147(140,141)127-112(118)119-62-28-47-102(105(130)69-86(64-80-50-53-81-33-12-13-34-82(81)63-80)108(133)122-70-87(129)67-84(54-59-107(132)143-71-79-31-10-7-11-32-79)110(135)123-101(76(2)128)46-25-27-61-121-114(138)145-74-99-96-43-21-17-39-92(96)93-40-18-22-44-97(93)99)124-109(134)83(35-24-26-60-120-113(137)144-73-98-94-41-19-15-37-90(94)91-38-16-20-42-95(91)98)68-106(131)103(65-78-51-55-88(56-52-78)142-72-85-36-14-23-45-100(85)117)125-111(136)104(66-77-29-8-6-9-30-77)126-115(139)146-116(3,4)5/h6-23,29-34,36-45,48-53,55-58,63,83-84,86,98-99,101-104H,24-28,35,46-47,54,59-62,64-74H2,1-5H3,(H,120,137)(H,121,138)(H,122,133)(H,123,135)(H,124,134)(H,125,136)(H,126,139)(H3,118,119,127)/t83-,84+,86-,101+,102-,103+,104+/m1/s1. The van der Waals surface area contributed by atoms with Crippen molar-refractivity contribution >= 4 is 114 Å². The summed E-state index contributed by atoms with van der Waals surface area (Å²) >= 11 is 3.59. The Bertz CT molecular complexity index is 6490. The van der Waals surface area contributed by atoms with Crippen LogP contribution in [0.4, 0.5) is 14.4 Å². The molecule has 29 nitrogen and oxygen atoms in total. The van der Waals surface area contributed by atoms with Gasteiger partial charge in [0.15, 0.2) is 23.1 Å². The first-order chi connectivity index (χ1) is 70.8. The molecule has 2 aliphatic rings. The van der Waals surface area contributed by atoms with E-state index in [1.54, 1.807) is 125 Å². The number of Topliss-reactive ketones (excluding diaryl/α,β-unsaturated/α-hetero) is 4. The minimum Gasteiger partial charge on any atom is -0.489 e. The Morgan fingerprint density at radius 2 is 0.891 bits per heavy atom. The van der Waals surface area contributed by atoms with Crippen molar-refractivity contribution in [2.45, 2.75) is 197 Å². The number of fused-ring (bicyclic) bond motifs is 7. The highest BCUT2D eigenvalue weighted by Gasteiger charge is 2.38. The zero-order valence-corrected chi connectivity index (χ0v) is 85.6. The molecule has 0 saturated carbocycles. The van der Waals surface area contributed by atoms with Crippen LogP contribution in [-0.4, -0.2) is 155 Å². The molecule has 11 aromatic rings. The summed E-state index contributed by atoms with van der Waals surface area (Å²) < 4.78 is 59.3. The van der Waals surface area contributed by atoms with Crippen LogP contribution in [0.3, 0.4) is 0 Å². The number of unbranched alkanes of at least 4 members (excludes halogenated alkanes) is 2. The molecule has 0 heterocycles. The second-order valence-corrected chi connectivity index (χ2v) is 40.8. The average molecular weight is 2080 g/mol. The number of hydrogen-bond acceptors (Lipinski definition) is 20. The minimum absolute atomic E-state index is 0.0302. The predicted octanol–water partition coefficient (Wildman–Crippen LogP) is 17.5. The van der Waals surface area contributed by atoms with Crippen molar-refractivity contribution in [3.63, 3.8) is 0 Å². The Labute approximate surface area is 865 Å². The fourth-order valence-corrected chi connectivity index (χ4v) is 19.6. The maximum Gasteiger partial charge on any atom is 0.408 e. The van der Waals surface area contributed by atoms with Gasteiger partial charge in [-0.3, -0.25) is 48.6 Å². The van der Waals surface area contributed by atoms with Crippen LogP contribution in [0, 0.1) is 30.1 Å². The van der Waals surface area contributed by atoms with Gasteiger partial charge in [-0.05, 0) is 207 Å². The molecule has 7 atom stereocenters. The summed E-state index contributed by atoms with van der Waals surface area (Å²) in [6.07, 6.45) is -3.94. The van der Waals surface area contributed by atoms with Crippen LogP contribution < -0.4 is 52.0 Å². The highest BCUT2D eigenvalue weighted by atomic mass is 79.9. The number of esters is 1. The highest BCUT2D eigenvalue weighted by Crippen LogP contribution is 2.46. The molecular formula is C116H127BrN10O19S. The fraction of sp³-hybridized carbons (Fsp3) is 0.336. The molecule has 0 aliphatic heterocycles. The number of rotatable bonds is 53. The number of benzene rings is 11. The molecule has 0 saturated heterocycles. The molecule has 0 aromatic heterocycles. The number of aryl methyl sites for hydroxylation is 1. The van der Waals surface area contributed by atoms with E-state index in [0.717, 1.165) is 70.9 Å². The number of alkyl carbamates (subject to hydrolysis) is 3. The van der Waals surface area contributed by atoms with E-state index in [2.05, 4.69) is 63.2 Å². The third-order valence-corrected chi connectivity index (χ3v) is 28.2. The van der Waals surface area contributed by atoms with E-state index in [0.29, 0.717) is 40.8 Å². The molecule has 2 aliphatic carbocycles. The Kier molecular flexibility index (Phi) is 39.9. The van der Waals surface area contributed by atoms with E-state index in [4.69, 9.17) is 29.1 Å². The molecule has 11 aromatic carbocycles. The van der Waals surface area contributed by atoms with Crippen LogP contribution in [0.5, 0.6) is 5.75 Å². The van der Waals surface area contributed by atoms with E-state index in [-0.39, 0.29) is 133 Å². The number of sulfonamides is 1. The predicted molar refractivity (Wildman–Crippen MR) is 564 cm³/mol. The molecule has 768 valence electrons. The lowest BCUT2D eigenvalue weighted by molar-refractivity contribution is -0.146. The third-order valence-electron chi connectivity index (χ3n) is 26.1. The van der Waals surface area contributed by atoms with Crippen LogP contribution in [0.2, 0.25) is 0 Å². The number of guanidine groups is 1. The molecule has 10 N–H and O–H groups in total. The van der Waals surface area contributed by atoms with Crippen molar-refractivity contribution in [2.24, 2.45) is 17.8 Å². The third kappa shape index (κ3) is 33.0. The topological polar surface area (TPSA) is 417 Å². The van der Waals surface area contributed by atoms with Gasteiger partial charge in [-0.1, -0.05) is 271 Å². The Morgan fingerprint density at radius 3 is 1.48 bits per heavy atom. The van der Waals surface area contributed by atoms with Gasteiger partial charge in [0, 0.05) is 91.4 Å². The fourth-order valence-electron chi connectivity index (χ4n) is 18.3. The molecule has 0 spiro atoms. The van der Waals surface area contributed by atoms with Crippen LogP contribution in [0.25, 0.3) is 33.0 Å². The van der Waals surface area contributed by atoms with Crippen LogP contribution in [-0.2, 0) is 105 Å². The molecule has 0 unspecified atom stereocenters. The average Bonchev–Trinajstić information content (AvgIpc) is 1.62. The van der Waals surface area contributed by atoms with Crippen molar-refractivity contribution in [2.75, 3.05) is 39.4 Å². The Balaban J connectivity index is 0.754. The summed E-state index contributed by atoms with van der Waals surface area (Å²) in [5.41, 5.74) is 11.6. The van der Waals surface area contributed by atoms with Crippen LogP contribution >= 0.6 is 15.9 Å². The summed E-state index contributed by atoms with van der Waals surface area (Å²) in [6.45, 7) is 7.74. The van der Waals surface area contributed by atoms with E-state index < -0.39 is 160 Å². The largest absolute Gasteiger partial charge is 0.489 e. The lowest BCUT2D eigenvalue weighted by Gasteiger charge is -2.27. The Hall–Kier alpha value is -15.0. The van der Waals surface area contributed by atoms with Gasteiger partial charge < -0.3 is 66.2 Å². The van der Waals surface area contributed by atoms with E-state index in [1.165, 1.54) is 19.1 Å². The molecule has 7 amide bonds. The minimum atomic E-state index is -4.28. The van der Waals surface area contributed by atoms with Gasteiger partial charge in [-0.15, -0.1) is 0 Å². The summed E-state index contributed by atoms with van der Waals surface area (Å²) in [5, 5.41) is 33.0. The maximum absolute atomic E-state index is 16.0.